The normalized spacial score (nSPS) is 14.7. The molecule has 130 valence electrons. The molecule has 3 heterocycles. The van der Waals surface area contributed by atoms with Crippen LogP contribution in [0.3, 0.4) is 0 Å². The van der Waals surface area contributed by atoms with E-state index in [-0.39, 0.29) is 16.6 Å². The van der Waals surface area contributed by atoms with Crippen molar-refractivity contribution in [2.45, 2.75) is 19.9 Å². The lowest BCUT2D eigenvalue weighted by atomic mass is 10.3. The molecule has 0 unspecified atom stereocenters. The molecule has 3 rings (SSSR count). The molecule has 9 heteroatoms. The van der Waals surface area contributed by atoms with E-state index >= 15 is 0 Å². The van der Waals surface area contributed by atoms with Crippen molar-refractivity contribution in [3.63, 3.8) is 0 Å². The Morgan fingerprint density at radius 2 is 1.92 bits per heavy atom. The molecule has 1 saturated heterocycles. The van der Waals surface area contributed by atoms with Crippen molar-refractivity contribution in [1.82, 2.24) is 19.7 Å². The van der Waals surface area contributed by atoms with Crippen molar-refractivity contribution >= 4 is 23.2 Å². The van der Waals surface area contributed by atoms with Gasteiger partial charge in [0.1, 0.15) is 16.8 Å². The fraction of sp³-hybridized carbons (Fsp3) is 0.438. The van der Waals surface area contributed by atoms with Crippen LogP contribution in [-0.4, -0.2) is 45.9 Å². The van der Waals surface area contributed by atoms with Gasteiger partial charge in [0.15, 0.2) is 0 Å². The van der Waals surface area contributed by atoms with Gasteiger partial charge < -0.3 is 9.80 Å². The van der Waals surface area contributed by atoms with E-state index in [1.54, 1.807) is 18.5 Å². The number of anilines is 2. The first-order valence-electron chi connectivity index (χ1n) is 8.01. The largest absolute Gasteiger partial charge is 0.365 e. The average molecular weight is 360 g/mol. The molecule has 1 aliphatic heterocycles. The first kappa shape index (κ1) is 17.2. The van der Waals surface area contributed by atoms with Crippen LogP contribution >= 0.6 is 11.6 Å². The fourth-order valence-corrected chi connectivity index (χ4v) is 2.99. The van der Waals surface area contributed by atoms with E-state index in [2.05, 4.69) is 15.1 Å². The quantitative estimate of drug-likeness (QED) is 0.819. The zero-order valence-corrected chi connectivity index (χ0v) is 14.8. The Bertz CT molecular complexity index is 866. The zero-order chi connectivity index (χ0) is 18.0. The van der Waals surface area contributed by atoms with Crippen molar-refractivity contribution in [3.8, 4) is 6.07 Å². The van der Waals surface area contributed by atoms with Gasteiger partial charge in [-0.05, 0) is 19.9 Å². The summed E-state index contributed by atoms with van der Waals surface area (Å²) < 4.78 is 1.38. The molecule has 0 aromatic carbocycles. The molecule has 0 saturated carbocycles. The third-order valence-electron chi connectivity index (χ3n) is 4.07. The van der Waals surface area contributed by atoms with Crippen LogP contribution in [0.15, 0.2) is 23.3 Å². The third-order valence-corrected chi connectivity index (χ3v) is 4.43. The predicted molar refractivity (Wildman–Crippen MR) is 95.1 cm³/mol. The molecule has 2 aromatic heterocycles. The van der Waals surface area contributed by atoms with E-state index in [1.807, 2.05) is 29.7 Å². The van der Waals surface area contributed by atoms with Gasteiger partial charge >= 0.3 is 0 Å². The van der Waals surface area contributed by atoms with Crippen LogP contribution in [0, 0.1) is 11.3 Å². The van der Waals surface area contributed by atoms with Crippen LogP contribution in [0.5, 0.6) is 0 Å². The highest BCUT2D eigenvalue weighted by atomic mass is 35.5. The Labute approximate surface area is 150 Å². The standard InChI is InChI=1S/C16H18ClN7O/c1-11(2)24-15(25)14(17)13(10-20-24)22-5-7-23(8-6-22)16-19-4-3-12(9-18)21-16/h3-4,10-11H,5-8H2,1-2H3. The molecular weight excluding hydrogens is 342 g/mol. The number of hydrogen-bond acceptors (Lipinski definition) is 7. The highest BCUT2D eigenvalue weighted by molar-refractivity contribution is 6.33. The first-order valence-corrected chi connectivity index (χ1v) is 8.39. The van der Waals surface area contributed by atoms with Crippen LogP contribution in [0.4, 0.5) is 11.6 Å². The predicted octanol–water partition coefficient (Wildman–Crippen LogP) is 1.47. The first-order chi connectivity index (χ1) is 12.0. The van der Waals surface area contributed by atoms with Gasteiger partial charge in [-0.3, -0.25) is 4.79 Å². The lowest BCUT2D eigenvalue weighted by Crippen LogP contribution is -2.47. The molecule has 0 spiro atoms. The number of nitriles is 1. The summed E-state index contributed by atoms with van der Waals surface area (Å²) in [6.45, 7) is 6.42. The Morgan fingerprint density at radius 1 is 1.24 bits per heavy atom. The summed E-state index contributed by atoms with van der Waals surface area (Å²) >= 11 is 6.28. The number of halogens is 1. The second-order valence-electron chi connectivity index (χ2n) is 6.02. The molecule has 8 nitrogen and oxygen atoms in total. The lowest BCUT2D eigenvalue weighted by molar-refractivity contribution is 0.501. The van der Waals surface area contributed by atoms with Crippen molar-refractivity contribution in [2.24, 2.45) is 0 Å². The monoisotopic (exact) mass is 359 g/mol. The Hall–Kier alpha value is -2.66. The molecule has 2 aromatic rings. The molecule has 0 aliphatic carbocycles. The Morgan fingerprint density at radius 3 is 2.56 bits per heavy atom. The number of nitrogens with zero attached hydrogens (tertiary/aromatic N) is 7. The molecule has 1 fully saturated rings. The van der Waals surface area contributed by atoms with Crippen LogP contribution in [-0.2, 0) is 0 Å². The van der Waals surface area contributed by atoms with Gasteiger partial charge in [-0.1, -0.05) is 11.6 Å². The van der Waals surface area contributed by atoms with E-state index < -0.39 is 0 Å². The van der Waals surface area contributed by atoms with E-state index in [4.69, 9.17) is 16.9 Å². The van der Waals surface area contributed by atoms with Crippen LogP contribution in [0.1, 0.15) is 25.6 Å². The Kier molecular flexibility index (Phi) is 4.86. The van der Waals surface area contributed by atoms with Gasteiger partial charge in [0.25, 0.3) is 5.56 Å². The van der Waals surface area contributed by atoms with Crippen LogP contribution in [0.25, 0.3) is 0 Å². The van der Waals surface area contributed by atoms with Gasteiger partial charge in [-0.15, -0.1) is 0 Å². The van der Waals surface area contributed by atoms with Crippen molar-refractivity contribution in [1.29, 1.82) is 5.26 Å². The molecule has 1 aliphatic rings. The molecule has 0 atom stereocenters. The highest BCUT2D eigenvalue weighted by Gasteiger charge is 2.23. The van der Waals surface area contributed by atoms with E-state index in [1.165, 1.54) is 4.68 Å². The van der Waals surface area contributed by atoms with Gasteiger partial charge in [-0.25, -0.2) is 14.6 Å². The fourth-order valence-electron chi connectivity index (χ4n) is 2.73. The molecule has 0 amide bonds. The van der Waals surface area contributed by atoms with Crippen LogP contribution in [0.2, 0.25) is 5.02 Å². The topological polar surface area (TPSA) is 90.9 Å². The minimum atomic E-state index is -0.276. The SMILES string of the molecule is CC(C)n1ncc(N2CCN(c3nccc(C#N)n3)CC2)c(Cl)c1=O. The summed E-state index contributed by atoms with van der Waals surface area (Å²) in [5.74, 6) is 0.540. The number of hydrogen-bond donors (Lipinski definition) is 0. The van der Waals surface area contributed by atoms with Crippen molar-refractivity contribution in [2.75, 3.05) is 36.0 Å². The van der Waals surface area contributed by atoms with E-state index in [0.29, 0.717) is 43.5 Å². The lowest BCUT2D eigenvalue weighted by Gasteiger charge is -2.36. The molecule has 0 N–H and O–H groups in total. The van der Waals surface area contributed by atoms with Gasteiger partial charge in [-0.2, -0.15) is 10.4 Å². The molecule has 0 bridgehead atoms. The second-order valence-corrected chi connectivity index (χ2v) is 6.39. The van der Waals surface area contributed by atoms with Gasteiger partial charge in [0, 0.05) is 32.4 Å². The smallest absolute Gasteiger partial charge is 0.287 e. The average Bonchev–Trinajstić information content (AvgIpc) is 2.64. The van der Waals surface area contributed by atoms with E-state index in [9.17, 15) is 4.79 Å². The number of aromatic nitrogens is 4. The van der Waals surface area contributed by atoms with Gasteiger partial charge in [0.2, 0.25) is 5.95 Å². The van der Waals surface area contributed by atoms with E-state index in [0.717, 1.165) is 0 Å². The van der Waals surface area contributed by atoms with Crippen LogP contribution < -0.4 is 15.4 Å². The minimum Gasteiger partial charge on any atom is -0.365 e. The summed E-state index contributed by atoms with van der Waals surface area (Å²) in [4.78, 5) is 24.8. The summed E-state index contributed by atoms with van der Waals surface area (Å²) in [6, 6.07) is 3.56. The summed E-state index contributed by atoms with van der Waals surface area (Å²) in [5.41, 5.74) is 0.716. The number of rotatable bonds is 3. The Balaban J connectivity index is 1.75. The van der Waals surface area contributed by atoms with Crippen molar-refractivity contribution < 1.29 is 0 Å². The molecule has 25 heavy (non-hydrogen) atoms. The maximum absolute atomic E-state index is 12.3. The van der Waals surface area contributed by atoms with Gasteiger partial charge in [0.05, 0.1) is 17.9 Å². The number of piperazine rings is 1. The maximum Gasteiger partial charge on any atom is 0.287 e. The zero-order valence-electron chi connectivity index (χ0n) is 14.1. The second kappa shape index (κ2) is 7.07. The summed E-state index contributed by atoms with van der Waals surface area (Å²) in [7, 11) is 0. The maximum atomic E-state index is 12.3. The van der Waals surface area contributed by atoms with Crippen molar-refractivity contribution in [3.05, 3.63) is 39.5 Å². The highest BCUT2D eigenvalue weighted by Crippen LogP contribution is 2.23. The summed E-state index contributed by atoms with van der Waals surface area (Å²) in [5, 5.41) is 13.4. The third kappa shape index (κ3) is 3.42. The minimum absolute atomic E-state index is 0.0412. The molecular formula is C16H18ClN7O. The summed E-state index contributed by atoms with van der Waals surface area (Å²) in [6.07, 6.45) is 3.23. The molecule has 0 radical (unpaired) electrons.